The van der Waals surface area contributed by atoms with E-state index >= 15 is 0 Å². The van der Waals surface area contributed by atoms with E-state index in [1.807, 2.05) is 0 Å². The SMILES string of the molecule is CC(NCc1cnn(CCO)c1)C(=O)O. The lowest BCUT2D eigenvalue weighted by atomic mass is 10.3. The van der Waals surface area contributed by atoms with E-state index in [0.717, 1.165) is 5.56 Å². The minimum atomic E-state index is -0.877. The second-order valence-corrected chi connectivity index (χ2v) is 3.28. The number of carbonyl (C=O) groups is 1. The standard InChI is InChI=1S/C9H15N3O3/c1-7(9(14)15)10-4-8-5-11-12(6-8)2-3-13/h5-7,10,13H,2-4H2,1H3,(H,14,15). The molecule has 0 amide bonds. The van der Waals surface area contributed by atoms with Crippen LogP contribution in [0, 0.1) is 0 Å². The summed E-state index contributed by atoms with van der Waals surface area (Å²) in [7, 11) is 0. The molecule has 84 valence electrons. The zero-order chi connectivity index (χ0) is 11.3. The molecule has 6 nitrogen and oxygen atoms in total. The minimum Gasteiger partial charge on any atom is -0.480 e. The summed E-state index contributed by atoms with van der Waals surface area (Å²) in [5, 5.41) is 24.1. The van der Waals surface area contributed by atoms with Gasteiger partial charge < -0.3 is 15.5 Å². The van der Waals surface area contributed by atoms with E-state index in [1.54, 1.807) is 24.0 Å². The molecule has 6 heteroatoms. The molecule has 0 aliphatic rings. The quantitative estimate of drug-likeness (QED) is 0.589. The van der Waals surface area contributed by atoms with Gasteiger partial charge in [-0.15, -0.1) is 0 Å². The number of aliphatic hydroxyl groups excluding tert-OH is 1. The summed E-state index contributed by atoms with van der Waals surface area (Å²) in [5.41, 5.74) is 0.900. The average Bonchev–Trinajstić information content (AvgIpc) is 2.62. The first kappa shape index (κ1) is 11.7. The Balaban J connectivity index is 2.40. The van der Waals surface area contributed by atoms with E-state index in [1.165, 1.54) is 0 Å². The summed E-state index contributed by atoms with van der Waals surface area (Å²) in [6.07, 6.45) is 3.43. The fourth-order valence-corrected chi connectivity index (χ4v) is 1.08. The van der Waals surface area contributed by atoms with E-state index in [2.05, 4.69) is 10.4 Å². The maximum Gasteiger partial charge on any atom is 0.320 e. The molecule has 1 unspecified atom stereocenters. The molecule has 0 saturated carbocycles. The van der Waals surface area contributed by atoms with Gasteiger partial charge in [0.05, 0.1) is 19.3 Å². The smallest absolute Gasteiger partial charge is 0.320 e. The van der Waals surface area contributed by atoms with Gasteiger partial charge in [0, 0.05) is 18.3 Å². The number of nitrogens with zero attached hydrogens (tertiary/aromatic N) is 2. The third-order valence-corrected chi connectivity index (χ3v) is 2.00. The van der Waals surface area contributed by atoms with E-state index in [4.69, 9.17) is 10.2 Å². The second-order valence-electron chi connectivity index (χ2n) is 3.28. The normalized spacial score (nSPS) is 12.7. The van der Waals surface area contributed by atoms with Gasteiger partial charge in [-0.1, -0.05) is 0 Å². The third kappa shape index (κ3) is 3.69. The number of rotatable bonds is 6. The molecule has 1 aromatic rings. The maximum atomic E-state index is 10.5. The molecular weight excluding hydrogens is 198 g/mol. The first-order valence-electron chi connectivity index (χ1n) is 4.72. The number of nitrogens with one attached hydrogen (secondary N) is 1. The van der Waals surface area contributed by atoms with Crippen LogP contribution in [-0.2, 0) is 17.9 Å². The Bertz CT molecular complexity index is 324. The highest BCUT2D eigenvalue weighted by molar-refractivity contribution is 5.72. The van der Waals surface area contributed by atoms with Gasteiger partial charge in [-0.3, -0.25) is 9.48 Å². The van der Waals surface area contributed by atoms with Crippen molar-refractivity contribution in [3.63, 3.8) is 0 Å². The molecule has 0 aliphatic heterocycles. The van der Waals surface area contributed by atoms with Gasteiger partial charge in [0.25, 0.3) is 0 Å². The van der Waals surface area contributed by atoms with Gasteiger partial charge in [-0.2, -0.15) is 5.10 Å². The molecule has 1 atom stereocenters. The molecular formula is C9H15N3O3. The molecule has 1 heterocycles. The summed E-state index contributed by atoms with van der Waals surface area (Å²) in [6.45, 7) is 2.54. The van der Waals surface area contributed by atoms with Crippen LogP contribution in [0.5, 0.6) is 0 Å². The summed E-state index contributed by atoms with van der Waals surface area (Å²) in [4.78, 5) is 10.5. The summed E-state index contributed by atoms with van der Waals surface area (Å²) in [5.74, 6) is -0.877. The van der Waals surface area contributed by atoms with Crippen molar-refractivity contribution in [2.45, 2.75) is 26.1 Å². The molecule has 1 rings (SSSR count). The van der Waals surface area contributed by atoms with Crippen LogP contribution in [0.2, 0.25) is 0 Å². The van der Waals surface area contributed by atoms with Gasteiger partial charge in [0.15, 0.2) is 0 Å². The van der Waals surface area contributed by atoms with Crippen LogP contribution in [0.25, 0.3) is 0 Å². The Morgan fingerprint density at radius 2 is 2.47 bits per heavy atom. The van der Waals surface area contributed by atoms with Crippen molar-refractivity contribution in [2.24, 2.45) is 0 Å². The van der Waals surface area contributed by atoms with Crippen LogP contribution < -0.4 is 5.32 Å². The van der Waals surface area contributed by atoms with Crippen LogP contribution in [0.3, 0.4) is 0 Å². The molecule has 0 aliphatic carbocycles. The lowest BCUT2D eigenvalue weighted by Crippen LogP contribution is -2.32. The molecule has 3 N–H and O–H groups in total. The Hall–Kier alpha value is -1.40. The van der Waals surface area contributed by atoms with Crippen LogP contribution >= 0.6 is 0 Å². The van der Waals surface area contributed by atoms with Gasteiger partial charge in [0.2, 0.25) is 0 Å². The Morgan fingerprint density at radius 3 is 3.07 bits per heavy atom. The number of aliphatic carboxylic acids is 1. The number of hydrogen-bond acceptors (Lipinski definition) is 4. The van der Waals surface area contributed by atoms with Crippen molar-refractivity contribution < 1.29 is 15.0 Å². The van der Waals surface area contributed by atoms with Crippen LogP contribution in [-0.4, -0.2) is 38.6 Å². The lowest BCUT2D eigenvalue weighted by molar-refractivity contribution is -0.139. The molecule has 0 radical (unpaired) electrons. The van der Waals surface area contributed by atoms with Gasteiger partial charge in [-0.05, 0) is 6.92 Å². The largest absolute Gasteiger partial charge is 0.480 e. The Morgan fingerprint density at radius 1 is 1.73 bits per heavy atom. The van der Waals surface area contributed by atoms with Gasteiger partial charge in [0.1, 0.15) is 6.04 Å². The van der Waals surface area contributed by atoms with E-state index < -0.39 is 12.0 Å². The zero-order valence-corrected chi connectivity index (χ0v) is 8.55. The fraction of sp³-hybridized carbons (Fsp3) is 0.556. The predicted molar refractivity (Wildman–Crippen MR) is 53.3 cm³/mol. The minimum absolute atomic E-state index is 0.0417. The second kappa shape index (κ2) is 5.47. The van der Waals surface area contributed by atoms with E-state index in [-0.39, 0.29) is 6.61 Å². The molecule has 0 fully saturated rings. The Kier molecular flexibility index (Phi) is 4.26. The molecule has 15 heavy (non-hydrogen) atoms. The lowest BCUT2D eigenvalue weighted by Gasteiger charge is -2.06. The number of carboxylic acids is 1. The first-order valence-corrected chi connectivity index (χ1v) is 4.72. The number of aromatic nitrogens is 2. The van der Waals surface area contributed by atoms with Crippen LogP contribution in [0.15, 0.2) is 12.4 Å². The van der Waals surface area contributed by atoms with Crippen molar-refractivity contribution in [1.82, 2.24) is 15.1 Å². The molecule has 0 spiro atoms. The van der Waals surface area contributed by atoms with Crippen molar-refractivity contribution in [2.75, 3.05) is 6.61 Å². The number of carboxylic acid groups (broad SMARTS) is 1. The first-order chi connectivity index (χ1) is 7.13. The topological polar surface area (TPSA) is 87.4 Å². The number of hydrogen-bond donors (Lipinski definition) is 3. The highest BCUT2D eigenvalue weighted by Gasteiger charge is 2.09. The van der Waals surface area contributed by atoms with Crippen LogP contribution in [0.4, 0.5) is 0 Å². The van der Waals surface area contributed by atoms with Crippen LogP contribution in [0.1, 0.15) is 12.5 Å². The molecule has 0 aromatic carbocycles. The Labute approximate surface area is 87.5 Å². The summed E-state index contributed by atoms with van der Waals surface area (Å²) in [6, 6.07) is -0.578. The average molecular weight is 213 g/mol. The van der Waals surface area contributed by atoms with E-state index in [0.29, 0.717) is 13.1 Å². The third-order valence-electron chi connectivity index (χ3n) is 2.00. The predicted octanol–water partition coefficient (Wildman–Crippen LogP) is -0.562. The number of aliphatic hydroxyl groups is 1. The van der Waals surface area contributed by atoms with Crippen molar-refractivity contribution in [3.8, 4) is 0 Å². The van der Waals surface area contributed by atoms with Crippen molar-refractivity contribution >= 4 is 5.97 Å². The molecule has 0 saturated heterocycles. The van der Waals surface area contributed by atoms with Gasteiger partial charge in [-0.25, -0.2) is 0 Å². The monoisotopic (exact) mass is 213 g/mol. The molecule has 1 aromatic heterocycles. The van der Waals surface area contributed by atoms with Crippen molar-refractivity contribution in [3.05, 3.63) is 18.0 Å². The zero-order valence-electron chi connectivity index (χ0n) is 8.55. The fourth-order valence-electron chi connectivity index (χ4n) is 1.08. The highest BCUT2D eigenvalue weighted by Crippen LogP contribution is 1.97. The molecule has 0 bridgehead atoms. The van der Waals surface area contributed by atoms with Crippen molar-refractivity contribution in [1.29, 1.82) is 0 Å². The van der Waals surface area contributed by atoms with Gasteiger partial charge >= 0.3 is 5.97 Å². The highest BCUT2D eigenvalue weighted by atomic mass is 16.4. The maximum absolute atomic E-state index is 10.5. The summed E-state index contributed by atoms with van der Waals surface area (Å²) >= 11 is 0. The summed E-state index contributed by atoms with van der Waals surface area (Å²) < 4.78 is 1.61. The van der Waals surface area contributed by atoms with E-state index in [9.17, 15) is 4.79 Å².